The second kappa shape index (κ2) is 8.07. The molecule has 2 atom stereocenters. The molecule has 2 aromatic carbocycles. The Bertz CT molecular complexity index is 765. The molecule has 0 heterocycles. The number of carbonyl (C=O) groups is 1. The van der Waals surface area contributed by atoms with Gasteiger partial charge in [0.25, 0.3) is 0 Å². The fraction of sp³-hybridized carbons (Fsp3) is 0.316. The molecule has 0 radical (unpaired) electrons. The Hall–Kier alpha value is -2.47. The van der Waals surface area contributed by atoms with Crippen molar-refractivity contribution in [2.75, 3.05) is 5.32 Å². The summed E-state index contributed by atoms with van der Waals surface area (Å²) in [5, 5.41) is 15.7. The van der Waals surface area contributed by atoms with E-state index in [0.717, 1.165) is 35.4 Å². The predicted molar refractivity (Wildman–Crippen MR) is 93.5 cm³/mol. The van der Waals surface area contributed by atoms with Crippen molar-refractivity contribution in [3.8, 4) is 0 Å². The van der Waals surface area contributed by atoms with Gasteiger partial charge in [0.1, 0.15) is 0 Å². The summed E-state index contributed by atoms with van der Waals surface area (Å²) >= 11 is 0. The van der Waals surface area contributed by atoms with Crippen LogP contribution < -0.4 is 10.6 Å². The number of aliphatic hydroxyl groups excluding tert-OH is 1. The normalized spacial score (nSPS) is 13.2. The summed E-state index contributed by atoms with van der Waals surface area (Å²) in [7, 11) is 0. The molecular weight excluding hydrogens is 326 g/mol. The van der Waals surface area contributed by atoms with Crippen LogP contribution in [-0.4, -0.2) is 17.2 Å². The first kappa shape index (κ1) is 18.9. The Morgan fingerprint density at radius 3 is 2.56 bits per heavy atom. The lowest BCUT2D eigenvalue weighted by atomic mass is 10.0. The summed E-state index contributed by atoms with van der Waals surface area (Å²) in [6.07, 6.45) is -0.395. The van der Waals surface area contributed by atoms with Crippen molar-refractivity contribution in [3.63, 3.8) is 0 Å². The molecule has 4 nitrogen and oxygen atoms in total. The number of anilines is 1. The predicted octanol–water partition coefficient (Wildman–Crippen LogP) is 4.08. The number of amides is 2. The molecule has 0 fully saturated rings. The summed E-state index contributed by atoms with van der Waals surface area (Å²) in [5.41, 5.74) is 2.86. The van der Waals surface area contributed by atoms with Crippen LogP contribution in [0.5, 0.6) is 0 Å². The Kier molecular flexibility index (Phi) is 6.09. The minimum atomic E-state index is -1.16. The Labute approximate surface area is 145 Å². The van der Waals surface area contributed by atoms with E-state index in [1.807, 2.05) is 32.0 Å². The van der Waals surface area contributed by atoms with Crippen LogP contribution in [0.1, 0.15) is 36.6 Å². The van der Waals surface area contributed by atoms with E-state index >= 15 is 0 Å². The maximum Gasteiger partial charge on any atom is 0.319 e. The molecule has 0 saturated heterocycles. The van der Waals surface area contributed by atoms with Crippen molar-refractivity contribution in [1.82, 2.24) is 5.32 Å². The van der Waals surface area contributed by atoms with Crippen molar-refractivity contribution in [3.05, 3.63) is 64.7 Å². The molecule has 0 saturated carbocycles. The van der Waals surface area contributed by atoms with Crippen LogP contribution in [0.3, 0.4) is 0 Å². The van der Waals surface area contributed by atoms with Crippen LogP contribution in [0, 0.1) is 18.6 Å². The maximum atomic E-state index is 13.3. The molecule has 6 heteroatoms. The standard InChI is InChI=1S/C19H22F2N2O2/c1-4-13-7-5-6-11(2)17(13)23-19(25)22-12(3)18(24)14-8-9-15(20)16(21)10-14/h5-10,12,18,24H,4H2,1-3H3,(H2,22,23,25). The third kappa shape index (κ3) is 4.54. The average molecular weight is 348 g/mol. The second-order valence-electron chi connectivity index (χ2n) is 5.97. The van der Waals surface area contributed by atoms with Gasteiger partial charge in [-0.2, -0.15) is 0 Å². The van der Waals surface area contributed by atoms with Gasteiger partial charge < -0.3 is 15.7 Å². The smallest absolute Gasteiger partial charge is 0.319 e. The van der Waals surface area contributed by atoms with E-state index in [9.17, 15) is 18.7 Å². The van der Waals surface area contributed by atoms with E-state index < -0.39 is 29.8 Å². The molecular formula is C19H22F2N2O2. The van der Waals surface area contributed by atoms with E-state index in [4.69, 9.17) is 0 Å². The molecule has 0 spiro atoms. The van der Waals surface area contributed by atoms with Gasteiger partial charge in [-0.1, -0.05) is 31.2 Å². The molecule has 0 aliphatic rings. The number of nitrogens with one attached hydrogen (secondary N) is 2. The molecule has 2 amide bonds. The highest BCUT2D eigenvalue weighted by atomic mass is 19.2. The molecule has 25 heavy (non-hydrogen) atoms. The molecule has 2 unspecified atom stereocenters. The lowest BCUT2D eigenvalue weighted by Gasteiger charge is -2.22. The minimum absolute atomic E-state index is 0.192. The Morgan fingerprint density at radius 1 is 1.20 bits per heavy atom. The van der Waals surface area contributed by atoms with Gasteiger partial charge in [-0.3, -0.25) is 0 Å². The highest BCUT2D eigenvalue weighted by molar-refractivity contribution is 5.91. The van der Waals surface area contributed by atoms with Crippen molar-refractivity contribution in [2.45, 2.75) is 39.3 Å². The zero-order chi connectivity index (χ0) is 18.6. The van der Waals surface area contributed by atoms with E-state index in [1.165, 1.54) is 6.07 Å². The lowest BCUT2D eigenvalue weighted by molar-refractivity contribution is 0.138. The molecule has 0 aromatic heterocycles. The number of carbonyl (C=O) groups excluding carboxylic acids is 1. The Morgan fingerprint density at radius 2 is 1.92 bits per heavy atom. The van der Waals surface area contributed by atoms with Crippen LogP contribution >= 0.6 is 0 Å². The zero-order valence-electron chi connectivity index (χ0n) is 14.4. The lowest BCUT2D eigenvalue weighted by Crippen LogP contribution is -2.40. The van der Waals surface area contributed by atoms with E-state index in [0.29, 0.717) is 0 Å². The molecule has 0 bridgehead atoms. The number of aliphatic hydroxyl groups is 1. The minimum Gasteiger partial charge on any atom is -0.386 e. The zero-order valence-corrected chi connectivity index (χ0v) is 14.4. The molecule has 0 aliphatic heterocycles. The monoisotopic (exact) mass is 348 g/mol. The second-order valence-corrected chi connectivity index (χ2v) is 5.97. The largest absolute Gasteiger partial charge is 0.386 e. The van der Waals surface area contributed by atoms with Crippen LogP contribution in [0.25, 0.3) is 0 Å². The molecule has 2 rings (SSSR count). The SMILES string of the molecule is CCc1cccc(C)c1NC(=O)NC(C)C(O)c1ccc(F)c(F)c1. The van der Waals surface area contributed by atoms with Gasteiger partial charge in [0.05, 0.1) is 12.1 Å². The van der Waals surface area contributed by atoms with Crippen LogP contribution in [-0.2, 0) is 6.42 Å². The van der Waals surface area contributed by atoms with Crippen molar-refractivity contribution >= 4 is 11.7 Å². The number of urea groups is 1. The number of para-hydroxylation sites is 1. The van der Waals surface area contributed by atoms with Crippen molar-refractivity contribution < 1.29 is 18.7 Å². The quantitative estimate of drug-likeness (QED) is 0.762. The molecule has 2 aromatic rings. The number of rotatable bonds is 5. The Balaban J connectivity index is 2.06. The summed E-state index contributed by atoms with van der Waals surface area (Å²) < 4.78 is 26.3. The van der Waals surface area contributed by atoms with Gasteiger partial charge in [0.15, 0.2) is 11.6 Å². The summed E-state index contributed by atoms with van der Waals surface area (Å²) in [4.78, 5) is 12.2. The first-order valence-corrected chi connectivity index (χ1v) is 8.12. The van der Waals surface area contributed by atoms with E-state index in [1.54, 1.807) is 6.92 Å². The summed E-state index contributed by atoms with van der Waals surface area (Å²) in [6.45, 7) is 5.48. The maximum absolute atomic E-state index is 13.3. The number of aryl methyl sites for hydroxylation is 2. The van der Waals surface area contributed by atoms with Crippen LogP contribution in [0.4, 0.5) is 19.3 Å². The molecule has 3 N–H and O–H groups in total. The van der Waals surface area contributed by atoms with Crippen molar-refractivity contribution in [2.24, 2.45) is 0 Å². The fourth-order valence-electron chi connectivity index (χ4n) is 2.62. The van der Waals surface area contributed by atoms with Gasteiger partial charge in [-0.05, 0) is 49.1 Å². The van der Waals surface area contributed by atoms with Gasteiger partial charge in [0.2, 0.25) is 0 Å². The van der Waals surface area contributed by atoms with Gasteiger partial charge in [-0.15, -0.1) is 0 Å². The summed E-state index contributed by atoms with van der Waals surface area (Å²) in [6, 6.07) is 7.74. The number of hydrogen-bond acceptors (Lipinski definition) is 2. The third-order valence-electron chi connectivity index (χ3n) is 4.10. The molecule has 134 valence electrons. The van der Waals surface area contributed by atoms with Gasteiger partial charge >= 0.3 is 6.03 Å². The fourth-order valence-corrected chi connectivity index (χ4v) is 2.62. The topological polar surface area (TPSA) is 61.4 Å². The first-order chi connectivity index (χ1) is 11.8. The average Bonchev–Trinajstić information content (AvgIpc) is 2.58. The first-order valence-electron chi connectivity index (χ1n) is 8.12. The summed E-state index contributed by atoms with van der Waals surface area (Å²) in [5.74, 6) is -2.03. The molecule has 0 aliphatic carbocycles. The van der Waals surface area contributed by atoms with E-state index in [2.05, 4.69) is 10.6 Å². The number of halogens is 2. The third-order valence-corrected chi connectivity index (χ3v) is 4.10. The van der Waals surface area contributed by atoms with Crippen LogP contribution in [0.15, 0.2) is 36.4 Å². The van der Waals surface area contributed by atoms with Gasteiger partial charge in [0, 0.05) is 5.69 Å². The van der Waals surface area contributed by atoms with Crippen LogP contribution in [0.2, 0.25) is 0 Å². The highest BCUT2D eigenvalue weighted by Gasteiger charge is 2.20. The number of benzene rings is 2. The highest BCUT2D eigenvalue weighted by Crippen LogP contribution is 2.22. The number of hydrogen-bond donors (Lipinski definition) is 3. The van der Waals surface area contributed by atoms with Crippen molar-refractivity contribution in [1.29, 1.82) is 0 Å². The van der Waals surface area contributed by atoms with E-state index in [-0.39, 0.29) is 5.56 Å². The van der Waals surface area contributed by atoms with Gasteiger partial charge in [-0.25, -0.2) is 13.6 Å².